The lowest BCUT2D eigenvalue weighted by Crippen LogP contribution is -2.45. The van der Waals surface area contributed by atoms with Crippen LogP contribution in [0, 0.1) is 17.8 Å². The third kappa shape index (κ3) is 3.64. The number of piperidine rings is 1. The van der Waals surface area contributed by atoms with Gasteiger partial charge in [-0.3, -0.25) is 9.59 Å². The van der Waals surface area contributed by atoms with Gasteiger partial charge in [-0.15, -0.1) is 0 Å². The van der Waals surface area contributed by atoms with Crippen LogP contribution in [0.3, 0.4) is 0 Å². The first-order valence-electron chi connectivity index (χ1n) is 9.24. The Balaban J connectivity index is 1.77. The van der Waals surface area contributed by atoms with E-state index in [2.05, 4.69) is 13.8 Å². The van der Waals surface area contributed by atoms with Crippen molar-refractivity contribution in [2.24, 2.45) is 17.8 Å². The summed E-state index contributed by atoms with van der Waals surface area (Å²) in [4.78, 5) is 29.2. The fourth-order valence-electron chi connectivity index (χ4n) is 4.21. The van der Waals surface area contributed by atoms with E-state index in [1.54, 1.807) is 37.3 Å². The number of benzene rings is 1. The Morgan fingerprint density at radius 1 is 1.08 bits per heavy atom. The van der Waals surface area contributed by atoms with Crippen molar-refractivity contribution in [3.05, 3.63) is 18.2 Å². The zero-order valence-electron chi connectivity index (χ0n) is 16.0. The molecule has 0 spiro atoms. The molecule has 26 heavy (non-hydrogen) atoms. The number of likely N-dealkylation sites (tertiary alicyclic amines) is 1. The van der Waals surface area contributed by atoms with Crippen LogP contribution in [0.1, 0.15) is 26.7 Å². The maximum Gasteiger partial charge on any atom is 0.228 e. The molecule has 3 rings (SSSR count). The average Bonchev–Trinajstić information content (AvgIpc) is 3.01. The second kappa shape index (κ2) is 7.56. The highest BCUT2D eigenvalue weighted by atomic mass is 16.5. The van der Waals surface area contributed by atoms with Crippen molar-refractivity contribution >= 4 is 17.5 Å². The Morgan fingerprint density at radius 3 is 2.38 bits per heavy atom. The maximum atomic E-state index is 13.0. The second-order valence-electron chi connectivity index (χ2n) is 7.63. The number of hydrogen-bond donors (Lipinski definition) is 0. The standard InChI is InChI=1S/C20H28N2O4/c1-13-7-14(2)11-21(10-13)20(24)15-8-19(23)22(12-15)17-9-16(25-3)5-6-18(17)26-4/h5-6,9,13-15H,7-8,10-12H2,1-4H3/t13-,14-,15-/m1/s1. The first-order valence-corrected chi connectivity index (χ1v) is 9.24. The minimum absolute atomic E-state index is 0.0481. The molecule has 6 heteroatoms. The van der Waals surface area contributed by atoms with E-state index in [9.17, 15) is 9.59 Å². The Hall–Kier alpha value is -2.24. The number of carbonyl (C=O) groups excluding carboxylic acids is 2. The molecule has 0 saturated carbocycles. The Bertz CT molecular complexity index is 680. The number of hydrogen-bond acceptors (Lipinski definition) is 4. The molecular weight excluding hydrogens is 332 g/mol. The molecule has 1 aromatic carbocycles. The number of ether oxygens (including phenoxy) is 2. The van der Waals surface area contributed by atoms with Gasteiger partial charge in [0.15, 0.2) is 0 Å². The summed E-state index contributed by atoms with van der Waals surface area (Å²) in [6.07, 6.45) is 1.40. The van der Waals surface area contributed by atoms with E-state index < -0.39 is 0 Å². The summed E-state index contributed by atoms with van der Waals surface area (Å²) in [5, 5.41) is 0. The highest BCUT2D eigenvalue weighted by Gasteiger charge is 2.39. The summed E-state index contributed by atoms with van der Waals surface area (Å²) < 4.78 is 10.7. The van der Waals surface area contributed by atoms with Gasteiger partial charge in [0.2, 0.25) is 11.8 Å². The molecule has 0 aliphatic carbocycles. The molecule has 0 radical (unpaired) electrons. The molecule has 0 bridgehead atoms. The van der Waals surface area contributed by atoms with Crippen molar-refractivity contribution < 1.29 is 19.1 Å². The van der Waals surface area contributed by atoms with Gasteiger partial charge in [-0.25, -0.2) is 0 Å². The number of rotatable bonds is 4. The third-order valence-electron chi connectivity index (χ3n) is 5.33. The Labute approximate surface area is 155 Å². The van der Waals surface area contributed by atoms with Gasteiger partial charge >= 0.3 is 0 Å². The van der Waals surface area contributed by atoms with Gasteiger partial charge in [0.25, 0.3) is 0 Å². The van der Waals surface area contributed by atoms with Crippen LogP contribution < -0.4 is 14.4 Å². The molecule has 2 fully saturated rings. The summed E-state index contributed by atoms with van der Waals surface area (Å²) >= 11 is 0. The smallest absolute Gasteiger partial charge is 0.228 e. The van der Waals surface area contributed by atoms with Crippen LogP contribution in [0.15, 0.2) is 18.2 Å². The summed E-state index contributed by atoms with van der Waals surface area (Å²) in [6.45, 7) is 6.33. The predicted molar refractivity (Wildman–Crippen MR) is 99.5 cm³/mol. The van der Waals surface area contributed by atoms with Crippen LogP contribution in [0.2, 0.25) is 0 Å². The minimum Gasteiger partial charge on any atom is -0.497 e. The molecule has 0 N–H and O–H groups in total. The fourth-order valence-corrected chi connectivity index (χ4v) is 4.21. The van der Waals surface area contributed by atoms with Crippen LogP contribution >= 0.6 is 0 Å². The molecule has 2 aliphatic heterocycles. The van der Waals surface area contributed by atoms with Crippen molar-refractivity contribution in [3.63, 3.8) is 0 Å². The van der Waals surface area contributed by atoms with Gasteiger partial charge in [-0.2, -0.15) is 0 Å². The minimum atomic E-state index is -0.295. The number of nitrogens with zero attached hydrogens (tertiary/aromatic N) is 2. The van der Waals surface area contributed by atoms with Crippen molar-refractivity contribution in [2.45, 2.75) is 26.7 Å². The lowest BCUT2D eigenvalue weighted by atomic mass is 9.91. The van der Waals surface area contributed by atoms with E-state index in [0.29, 0.717) is 35.6 Å². The highest BCUT2D eigenvalue weighted by Crippen LogP contribution is 2.36. The van der Waals surface area contributed by atoms with Crippen molar-refractivity contribution in [1.82, 2.24) is 4.90 Å². The SMILES string of the molecule is COc1ccc(OC)c(N2C[C@H](C(=O)N3C[C@H](C)C[C@@H](C)C3)CC2=O)c1. The van der Waals surface area contributed by atoms with Gasteiger partial charge < -0.3 is 19.3 Å². The van der Waals surface area contributed by atoms with E-state index in [-0.39, 0.29) is 24.2 Å². The highest BCUT2D eigenvalue weighted by molar-refractivity contribution is 6.01. The normalized spacial score (nSPS) is 26.2. The number of carbonyl (C=O) groups is 2. The predicted octanol–water partition coefficient (Wildman–Crippen LogP) is 2.56. The Morgan fingerprint density at radius 2 is 1.77 bits per heavy atom. The molecule has 6 nitrogen and oxygen atoms in total. The van der Waals surface area contributed by atoms with Crippen LogP contribution in [-0.4, -0.2) is 50.6 Å². The summed E-state index contributed by atoms with van der Waals surface area (Å²) in [5.74, 6) is 2.03. The monoisotopic (exact) mass is 360 g/mol. The topological polar surface area (TPSA) is 59.1 Å². The lowest BCUT2D eigenvalue weighted by Gasteiger charge is -2.36. The number of methoxy groups -OCH3 is 2. The molecule has 2 amide bonds. The molecule has 2 heterocycles. The first-order chi connectivity index (χ1) is 12.4. The Kier molecular flexibility index (Phi) is 5.39. The third-order valence-corrected chi connectivity index (χ3v) is 5.33. The van der Waals surface area contributed by atoms with Gasteiger partial charge in [0.1, 0.15) is 11.5 Å². The van der Waals surface area contributed by atoms with Crippen LogP contribution in [0.5, 0.6) is 11.5 Å². The quantitative estimate of drug-likeness (QED) is 0.828. The van der Waals surface area contributed by atoms with E-state index in [0.717, 1.165) is 19.5 Å². The van der Waals surface area contributed by atoms with Crippen LogP contribution in [0.25, 0.3) is 0 Å². The molecule has 0 unspecified atom stereocenters. The zero-order valence-corrected chi connectivity index (χ0v) is 16.0. The fraction of sp³-hybridized carbons (Fsp3) is 0.600. The summed E-state index contributed by atoms with van der Waals surface area (Å²) in [6, 6.07) is 5.36. The van der Waals surface area contributed by atoms with E-state index in [4.69, 9.17) is 9.47 Å². The number of anilines is 1. The summed E-state index contributed by atoms with van der Waals surface area (Å²) in [5.41, 5.74) is 0.660. The van der Waals surface area contributed by atoms with Gasteiger partial charge in [-0.1, -0.05) is 13.8 Å². The van der Waals surface area contributed by atoms with Crippen molar-refractivity contribution in [1.29, 1.82) is 0 Å². The van der Waals surface area contributed by atoms with Crippen molar-refractivity contribution in [3.8, 4) is 11.5 Å². The first kappa shape index (κ1) is 18.5. The van der Waals surface area contributed by atoms with Crippen molar-refractivity contribution in [2.75, 3.05) is 38.8 Å². The molecule has 2 aliphatic rings. The molecular formula is C20H28N2O4. The van der Waals surface area contributed by atoms with Gasteiger partial charge in [0.05, 0.1) is 25.8 Å². The zero-order chi connectivity index (χ0) is 18.8. The van der Waals surface area contributed by atoms with Crippen LogP contribution in [-0.2, 0) is 9.59 Å². The second-order valence-corrected chi connectivity index (χ2v) is 7.63. The molecule has 3 atom stereocenters. The van der Waals surface area contributed by atoms with Gasteiger partial charge in [-0.05, 0) is 30.4 Å². The maximum absolute atomic E-state index is 13.0. The summed E-state index contributed by atoms with van der Waals surface area (Å²) in [7, 11) is 3.16. The van der Waals surface area contributed by atoms with Gasteiger partial charge in [0, 0.05) is 32.1 Å². The molecule has 0 aromatic heterocycles. The molecule has 2 saturated heterocycles. The average molecular weight is 360 g/mol. The lowest BCUT2D eigenvalue weighted by molar-refractivity contribution is -0.138. The molecule has 1 aromatic rings. The van der Waals surface area contributed by atoms with E-state index in [1.807, 2.05) is 4.90 Å². The van der Waals surface area contributed by atoms with E-state index in [1.165, 1.54) is 0 Å². The largest absolute Gasteiger partial charge is 0.497 e. The van der Waals surface area contributed by atoms with Crippen LogP contribution in [0.4, 0.5) is 5.69 Å². The van der Waals surface area contributed by atoms with E-state index >= 15 is 0 Å². The molecule has 142 valence electrons. The number of amides is 2.